The number of hydrogen-bond acceptors (Lipinski definition) is 1. The van der Waals surface area contributed by atoms with Gasteiger partial charge in [-0.15, -0.1) is 0 Å². The topological polar surface area (TPSA) is 13.1 Å². The molecule has 0 aliphatic carbocycles. The summed E-state index contributed by atoms with van der Waals surface area (Å²) < 4.78 is 7.35. The smallest absolute Gasteiger partial charge is 0.254 e. The van der Waals surface area contributed by atoms with Crippen LogP contribution in [0.3, 0.4) is 0 Å². The number of unbranched alkanes of at least 4 members (excludes halogenated alkanes) is 1. The highest BCUT2D eigenvalue weighted by Crippen LogP contribution is 2.20. The van der Waals surface area contributed by atoms with Crippen molar-refractivity contribution in [3.05, 3.63) is 36.5 Å². The summed E-state index contributed by atoms with van der Waals surface area (Å²) >= 11 is 0. The quantitative estimate of drug-likeness (QED) is 0.722. The lowest BCUT2D eigenvalue weighted by Gasteiger charge is -2.01. The highest BCUT2D eigenvalue weighted by molar-refractivity contribution is 5.81. The van der Waals surface area contributed by atoms with Crippen molar-refractivity contribution in [3.8, 4) is 5.75 Å². The molecule has 0 saturated carbocycles. The van der Waals surface area contributed by atoms with Crippen molar-refractivity contribution in [1.29, 1.82) is 0 Å². The van der Waals surface area contributed by atoms with Gasteiger partial charge in [0.15, 0.2) is 11.9 Å². The normalized spacial score (nSPS) is 9.65. The standard InChI is InChI=1S/C11H12NO.C4H10/c1-12-8-4-6-9-5-3-7-10(13-2)11(9)12;1-3-4-2/h3-8H,1-2H3;3-4H2,1-2H3/q+1;. The maximum absolute atomic E-state index is 5.29. The van der Waals surface area contributed by atoms with Gasteiger partial charge in [-0.05, 0) is 18.2 Å². The molecule has 0 fully saturated rings. The van der Waals surface area contributed by atoms with Gasteiger partial charge in [-0.3, -0.25) is 0 Å². The Labute approximate surface area is 104 Å². The average molecular weight is 232 g/mol. The Balaban J connectivity index is 0.000000317. The lowest BCUT2D eigenvalue weighted by Crippen LogP contribution is -2.28. The number of hydrogen-bond donors (Lipinski definition) is 0. The highest BCUT2D eigenvalue weighted by atomic mass is 16.5. The third-order valence-corrected chi connectivity index (χ3v) is 2.69. The zero-order valence-corrected chi connectivity index (χ0v) is 11.2. The SMILES string of the molecule is CCCC.COc1cccc2ccc[n+](C)c12. The van der Waals surface area contributed by atoms with Crippen LogP contribution in [0.25, 0.3) is 10.9 Å². The van der Waals surface area contributed by atoms with E-state index < -0.39 is 0 Å². The lowest BCUT2D eigenvalue weighted by molar-refractivity contribution is -0.645. The zero-order valence-electron chi connectivity index (χ0n) is 11.2. The first-order valence-corrected chi connectivity index (χ1v) is 6.15. The van der Waals surface area contributed by atoms with Crippen molar-refractivity contribution in [1.82, 2.24) is 0 Å². The third kappa shape index (κ3) is 3.45. The molecular weight excluding hydrogens is 210 g/mol. The average Bonchev–Trinajstić information content (AvgIpc) is 2.38. The first-order valence-electron chi connectivity index (χ1n) is 6.15. The molecule has 0 unspecified atom stereocenters. The maximum atomic E-state index is 5.29. The van der Waals surface area contributed by atoms with Crippen molar-refractivity contribution in [2.24, 2.45) is 7.05 Å². The fourth-order valence-corrected chi connectivity index (χ4v) is 1.57. The van der Waals surface area contributed by atoms with E-state index in [0.29, 0.717) is 0 Å². The second kappa shape index (κ2) is 6.89. The van der Waals surface area contributed by atoms with Gasteiger partial charge in [-0.25, -0.2) is 0 Å². The van der Waals surface area contributed by atoms with Crippen molar-refractivity contribution in [2.75, 3.05) is 7.11 Å². The summed E-state index contributed by atoms with van der Waals surface area (Å²) in [6.07, 6.45) is 4.66. The van der Waals surface area contributed by atoms with Gasteiger partial charge >= 0.3 is 0 Å². The Kier molecular flexibility index (Phi) is 5.47. The van der Waals surface area contributed by atoms with Crippen LogP contribution in [0.1, 0.15) is 26.7 Å². The van der Waals surface area contributed by atoms with Crippen LogP contribution in [0.15, 0.2) is 36.5 Å². The minimum absolute atomic E-state index is 0.917. The van der Waals surface area contributed by atoms with E-state index in [1.165, 1.54) is 18.2 Å². The van der Waals surface area contributed by atoms with Crippen LogP contribution in [-0.2, 0) is 7.05 Å². The molecule has 0 radical (unpaired) electrons. The van der Waals surface area contributed by atoms with Crippen LogP contribution >= 0.6 is 0 Å². The van der Waals surface area contributed by atoms with E-state index in [-0.39, 0.29) is 0 Å². The van der Waals surface area contributed by atoms with Gasteiger partial charge in [0.2, 0.25) is 0 Å². The summed E-state index contributed by atoms with van der Waals surface area (Å²) in [5, 5.41) is 1.20. The molecule has 1 heterocycles. The molecule has 0 aliphatic rings. The number of pyridine rings is 1. The van der Waals surface area contributed by atoms with Crippen LogP contribution in [0, 0.1) is 0 Å². The summed E-state index contributed by atoms with van der Waals surface area (Å²) in [5.74, 6) is 0.917. The van der Waals surface area contributed by atoms with Crippen molar-refractivity contribution >= 4 is 10.9 Å². The first-order chi connectivity index (χ1) is 8.24. The number of ether oxygens (including phenoxy) is 1. The van der Waals surface area contributed by atoms with Gasteiger partial charge in [-0.1, -0.05) is 32.8 Å². The fraction of sp³-hybridized carbons (Fsp3) is 0.400. The molecule has 2 aromatic rings. The van der Waals surface area contributed by atoms with Gasteiger partial charge in [0, 0.05) is 6.07 Å². The Morgan fingerprint density at radius 2 is 1.71 bits per heavy atom. The molecule has 0 amide bonds. The maximum Gasteiger partial charge on any atom is 0.254 e. The van der Waals surface area contributed by atoms with Gasteiger partial charge in [0.1, 0.15) is 7.05 Å². The number of benzene rings is 1. The van der Waals surface area contributed by atoms with E-state index in [1.54, 1.807) is 7.11 Å². The number of aryl methyl sites for hydroxylation is 1. The summed E-state index contributed by atoms with van der Waals surface area (Å²) in [6, 6.07) is 10.2. The molecule has 0 N–H and O–H groups in total. The molecule has 92 valence electrons. The van der Waals surface area contributed by atoms with Crippen LogP contribution in [0.2, 0.25) is 0 Å². The molecule has 0 saturated heterocycles. The van der Waals surface area contributed by atoms with Crippen LogP contribution < -0.4 is 9.30 Å². The van der Waals surface area contributed by atoms with Crippen molar-refractivity contribution in [3.63, 3.8) is 0 Å². The number of aromatic nitrogens is 1. The number of fused-ring (bicyclic) bond motifs is 1. The van der Waals surface area contributed by atoms with Crippen molar-refractivity contribution < 1.29 is 9.30 Å². The highest BCUT2D eigenvalue weighted by Gasteiger charge is 2.09. The molecule has 1 aromatic carbocycles. The zero-order chi connectivity index (χ0) is 12.7. The molecular formula is C15H22NO+. The number of methoxy groups -OCH3 is 1. The predicted octanol–water partition coefficient (Wildman–Crippen LogP) is 3.48. The van der Waals surface area contributed by atoms with E-state index >= 15 is 0 Å². The second-order valence-electron chi connectivity index (χ2n) is 4.02. The van der Waals surface area contributed by atoms with Gasteiger partial charge in [0.25, 0.3) is 5.52 Å². The Hall–Kier alpha value is -1.57. The van der Waals surface area contributed by atoms with E-state index in [1.807, 2.05) is 31.4 Å². The Bertz CT molecular complexity index is 458. The summed E-state index contributed by atoms with van der Waals surface area (Å²) in [4.78, 5) is 0. The lowest BCUT2D eigenvalue weighted by atomic mass is 10.2. The molecule has 17 heavy (non-hydrogen) atoms. The van der Waals surface area contributed by atoms with Crippen LogP contribution in [-0.4, -0.2) is 7.11 Å². The second-order valence-corrected chi connectivity index (χ2v) is 4.02. The van der Waals surface area contributed by atoms with E-state index in [2.05, 4.69) is 30.5 Å². The molecule has 0 aliphatic heterocycles. The number of nitrogens with zero attached hydrogens (tertiary/aromatic N) is 1. The van der Waals surface area contributed by atoms with Crippen LogP contribution in [0.4, 0.5) is 0 Å². The molecule has 0 bridgehead atoms. The van der Waals surface area contributed by atoms with E-state index in [4.69, 9.17) is 4.74 Å². The minimum Gasteiger partial charge on any atom is -0.490 e. The Morgan fingerprint density at radius 3 is 2.29 bits per heavy atom. The minimum atomic E-state index is 0.917. The van der Waals surface area contributed by atoms with Crippen LogP contribution in [0.5, 0.6) is 5.75 Å². The summed E-state index contributed by atoms with van der Waals surface area (Å²) in [6.45, 7) is 4.36. The molecule has 1 aromatic heterocycles. The van der Waals surface area contributed by atoms with E-state index in [0.717, 1.165) is 11.3 Å². The first kappa shape index (κ1) is 13.5. The summed E-state index contributed by atoms with van der Waals surface area (Å²) in [7, 11) is 3.71. The largest absolute Gasteiger partial charge is 0.490 e. The predicted molar refractivity (Wildman–Crippen MR) is 72.3 cm³/mol. The molecule has 0 atom stereocenters. The number of para-hydroxylation sites is 1. The molecule has 2 heteroatoms. The number of rotatable bonds is 2. The monoisotopic (exact) mass is 232 g/mol. The fourth-order valence-electron chi connectivity index (χ4n) is 1.57. The Morgan fingerprint density at radius 1 is 1.06 bits per heavy atom. The van der Waals surface area contributed by atoms with Crippen molar-refractivity contribution in [2.45, 2.75) is 26.7 Å². The van der Waals surface area contributed by atoms with Gasteiger partial charge in [-0.2, -0.15) is 4.57 Å². The van der Waals surface area contributed by atoms with E-state index in [9.17, 15) is 0 Å². The van der Waals surface area contributed by atoms with Gasteiger partial charge in [0.05, 0.1) is 12.5 Å². The van der Waals surface area contributed by atoms with Gasteiger partial charge < -0.3 is 4.74 Å². The third-order valence-electron chi connectivity index (χ3n) is 2.69. The molecule has 2 nitrogen and oxygen atoms in total. The summed E-state index contributed by atoms with van der Waals surface area (Å²) in [5.41, 5.74) is 1.13. The molecule has 2 rings (SSSR count). The molecule has 0 spiro atoms.